The number of hydrogen-bond donors (Lipinski definition) is 3. The zero-order valence-electron chi connectivity index (χ0n) is 26.3. The molecule has 49 heavy (non-hydrogen) atoms. The summed E-state index contributed by atoms with van der Waals surface area (Å²) < 4.78 is 69.6. The summed E-state index contributed by atoms with van der Waals surface area (Å²) in [4.78, 5) is 38.5. The van der Waals surface area contributed by atoms with E-state index in [2.05, 4.69) is 19.8 Å². The number of alkyl halides is 1. The average molecular weight is 698 g/mol. The van der Waals surface area contributed by atoms with Crippen molar-refractivity contribution in [1.82, 2.24) is 24.8 Å². The summed E-state index contributed by atoms with van der Waals surface area (Å²) in [5.74, 6) is -4.34. The van der Waals surface area contributed by atoms with Gasteiger partial charge in [0.15, 0.2) is 5.82 Å². The third kappa shape index (κ3) is 6.48. The van der Waals surface area contributed by atoms with Gasteiger partial charge in [-0.3, -0.25) is 19.4 Å². The Morgan fingerprint density at radius 1 is 0.980 bits per heavy atom. The molecular weight excluding hydrogens is 663 g/mol. The number of aromatic amines is 1. The number of rotatable bonds is 10. The molecule has 0 unspecified atom stereocenters. The SMILES string of the molecule is O=C(O)CN1CC(N2CCN(c3ccc(-c4cnc5[nH]cc(C(=O)c6c(F)ccc(N(N7CC[C@@H](F)C7)[SH](=O)=O)c6F)c5c4)cc3)CC2)C1. The Bertz CT molecular complexity index is 1970. The van der Waals surface area contributed by atoms with Crippen LogP contribution in [0.2, 0.25) is 0 Å². The summed E-state index contributed by atoms with van der Waals surface area (Å²) in [5.41, 5.74) is 1.32. The van der Waals surface area contributed by atoms with Crippen molar-refractivity contribution in [2.45, 2.75) is 18.6 Å². The van der Waals surface area contributed by atoms with Crippen LogP contribution in [0.15, 0.2) is 54.9 Å². The van der Waals surface area contributed by atoms with E-state index in [1.54, 1.807) is 12.3 Å². The molecule has 16 heteroatoms. The van der Waals surface area contributed by atoms with Crippen LogP contribution < -0.4 is 9.31 Å². The Morgan fingerprint density at radius 3 is 2.37 bits per heavy atom. The molecule has 4 aromatic rings. The standard InChI is InChI=1S/C33H34F3N7O5S/c34-22-7-8-42(16-22)43(49(47)48)28-6-5-27(35)30(31(28)36)32(46)26-15-38-33-25(26)13-21(14-37-33)20-1-3-23(4-2-20)40-9-11-41(12-10-40)24-17-39(18-24)19-29(44)45/h1-6,13-15,22,24,49H,7-12,16-19H2,(H,37,38)(H,44,45)/t22-/m1/s1. The maximum atomic E-state index is 15.9. The fraction of sp³-hybridized carbons (Fsp3) is 0.364. The summed E-state index contributed by atoms with van der Waals surface area (Å²) in [5, 5.41) is 10.4. The fourth-order valence-corrected chi connectivity index (χ4v) is 7.61. The molecule has 3 aliphatic heterocycles. The van der Waals surface area contributed by atoms with Crippen LogP contribution in [-0.2, 0) is 15.7 Å². The Hall–Kier alpha value is -4.51. The number of thiol groups is 1. The van der Waals surface area contributed by atoms with Gasteiger partial charge >= 0.3 is 5.97 Å². The third-order valence-electron chi connectivity index (χ3n) is 9.51. The van der Waals surface area contributed by atoms with E-state index in [4.69, 9.17) is 5.11 Å². The Morgan fingerprint density at radius 2 is 1.71 bits per heavy atom. The van der Waals surface area contributed by atoms with E-state index in [1.807, 2.05) is 29.2 Å². The lowest BCUT2D eigenvalue weighted by Crippen LogP contribution is -2.63. The Kier molecular flexibility index (Phi) is 9.04. The van der Waals surface area contributed by atoms with Crippen molar-refractivity contribution >= 4 is 45.1 Å². The monoisotopic (exact) mass is 697 g/mol. The minimum Gasteiger partial charge on any atom is -0.480 e. The maximum absolute atomic E-state index is 15.9. The highest BCUT2D eigenvalue weighted by molar-refractivity contribution is 7.73. The fourth-order valence-electron chi connectivity index (χ4n) is 6.91. The minimum absolute atomic E-state index is 0.00996. The van der Waals surface area contributed by atoms with Crippen molar-refractivity contribution in [1.29, 1.82) is 0 Å². The lowest BCUT2D eigenvalue weighted by Gasteiger charge is -2.48. The minimum atomic E-state index is -3.47. The van der Waals surface area contributed by atoms with E-state index >= 15 is 8.78 Å². The molecule has 0 bridgehead atoms. The summed E-state index contributed by atoms with van der Waals surface area (Å²) >= 11 is 0. The van der Waals surface area contributed by atoms with Gasteiger partial charge in [0.05, 0.1) is 18.7 Å². The van der Waals surface area contributed by atoms with E-state index < -0.39 is 51.7 Å². The lowest BCUT2D eigenvalue weighted by atomic mass is 9.99. The second-order valence-electron chi connectivity index (χ2n) is 12.5. The number of benzene rings is 2. The van der Waals surface area contributed by atoms with Crippen LogP contribution in [0.1, 0.15) is 22.3 Å². The predicted octanol–water partition coefficient (Wildman–Crippen LogP) is 2.92. The number of nitrogens with zero attached hydrogens (tertiary/aromatic N) is 6. The van der Waals surface area contributed by atoms with Gasteiger partial charge in [-0.1, -0.05) is 12.1 Å². The number of likely N-dealkylation sites (tertiary alicyclic amines) is 1. The number of H-pyrrole nitrogens is 1. The van der Waals surface area contributed by atoms with Gasteiger partial charge in [0.1, 0.15) is 23.3 Å². The second-order valence-corrected chi connectivity index (χ2v) is 13.4. The molecule has 0 aliphatic carbocycles. The first-order valence-corrected chi connectivity index (χ1v) is 17.1. The number of piperazine rings is 1. The number of pyridine rings is 1. The largest absolute Gasteiger partial charge is 0.480 e. The van der Waals surface area contributed by atoms with Crippen molar-refractivity contribution in [3.05, 3.63) is 77.6 Å². The summed E-state index contributed by atoms with van der Waals surface area (Å²) in [7, 11) is -3.47. The summed E-state index contributed by atoms with van der Waals surface area (Å²) in [6, 6.07) is 11.7. The molecule has 2 N–H and O–H groups in total. The van der Waals surface area contributed by atoms with E-state index in [-0.39, 0.29) is 31.6 Å². The first-order valence-electron chi connectivity index (χ1n) is 15.9. The number of fused-ring (bicyclic) bond motifs is 1. The quantitative estimate of drug-likeness (QED) is 0.168. The van der Waals surface area contributed by atoms with Gasteiger partial charge in [0.2, 0.25) is 16.7 Å². The highest BCUT2D eigenvalue weighted by atomic mass is 32.2. The number of carbonyl (C=O) groups excluding carboxylic acids is 1. The number of carboxylic acids is 1. The molecule has 0 radical (unpaired) electrons. The number of aliphatic carboxylic acids is 1. The molecule has 7 rings (SSSR count). The number of carboxylic acid groups (broad SMARTS) is 1. The first kappa shape index (κ1) is 33.0. The molecule has 12 nitrogen and oxygen atoms in total. The molecule has 3 fully saturated rings. The number of aromatic nitrogens is 2. The molecule has 3 aliphatic rings. The van der Waals surface area contributed by atoms with Gasteiger partial charge in [-0.05, 0) is 42.3 Å². The number of hydrogen-bond acceptors (Lipinski definition) is 9. The predicted molar refractivity (Wildman–Crippen MR) is 177 cm³/mol. The topological polar surface area (TPSA) is 133 Å². The molecule has 0 spiro atoms. The van der Waals surface area contributed by atoms with Gasteiger partial charge < -0.3 is 15.0 Å². The second kappa shape index (κ2) is 13.4. The molecular formula is C33H34F3N7O5S. The maximum Gasteiger partial charge on any atom is 0.317 e. The molecule has 2 aromatic carbocycles. The number of ketones is 1. The number of anilines is 2. The van der Waals surface area contributed by atoms with Crippen LogP contribution in [0.4, 0.5) is 24.5 Å². The van der Waals surface area contributed by atoms with Crippen LogP contribution in [0, 0.1) is 11.6 Å². The van der Waals surface area contributed by atoms with Gasteiger partial charge in [-0.15, -0.1) is 0 Å². The highest BCUT2D eigenvalue weighted by Crippen LogP contribution is 2.33. The highest BCUT2D eigenvalue weighted by Gasteiger charge is 2.35. The zero-order valence-corrected chi connectivity index (χ0v) is 27.2. The van der Waals surface area contributed by atoms with Crippen molar-refractivity contribution in [3.63, 3.8) is 0 Å². The van der Waals surface area contributed by atoms with Gasteiger partial charge in [0.25, 0.3) is 0 Å². The molecule has 5 heterocycles. The summed E-state index contributed by atoms with van der Waals surface area (Å²) in [6.07, 6.45) is 1.69. The van der Waals surface area contributed by atoms with Gasteiger partial charge in [0, 0.05) is 86.4 Å². The first-order chi connectivity index (χ1) is 23.6. The van der Waals surface area contributed by atoms with E-state index in [9.17, 15) is 22.4 Å². The Labute approximate surface area is 281 Å². The molecule has 0 saturated carbocycles. The van der Waals surface area contributed by atoms with Crippen molar-refractivity contribution in [2.24, 2.45) is 0 Å². The van der Waals surface area contributed by atoms with E-state index in [0.717, 1.165) is 67.7 Å². The molecule has 3 saturated heterocycles. The normalized spacial score (nSPS) is 19.5. The molecule has 1 atom stereocenters. The lowest BCUT2D eigenvalue weighted by molar-refractivity contribution is -0.140. The molecule has 2 aromatic heterocycles. The zero-order chi connectivity index (χ0) is 34.4. The van der Waals surface area contributed by atoms with Crippen LogP contribution in [0.5, 0.6) is 0 Å². The van der Waals surface area contributed by atoms with Crippen LogP contribution in [0.25, 0.3) is 22.2 Å². The molecule has 258 valence electrons. The number of halogens is 3. The Balaban J connectivity index is 1.08. The van der Waals surface area contributed by atoms with Crippen LogP contribution in [-0.4, -0.2) is 121 Å². The summed E-state index contributed by atoms with van der Waals surface area (Å²) in [6.45, 7) is 4.78. The van der Waals surface area contributed by atoms with Gasteiger partial charge in [-0.2, -0.15) is 4.41 Å². The number of carbonyl (C=O) groups is 2. The van der Waals surface area contributed by atoms with E-state index in [0.29, 0.717) is 27.1 Å². The third-order valence-corrected chi connectivity index (χ3v) is 10.3. The smallest absolute Gasteiger partial charge is 0.317 e. The van der Waals surface area contributed by atoms with Crippen molar-refractivity contribution < 1.29 is 36.3 Å². The van der Waals surface area contributed by atoms with Crippen LogP contribution >= 0.6 is 0 Å². The van der Waals surface area contributed by atoms with Crippen molar-refractivity contribution in [3.8, 4) is 11.1 Å². The number of nitrogens with one attached hydrogen (secondary N) is 1. The van der Waals surface area contributed by atoms with Crippen LogP contribution in [0.3, 0.4) is 0 Å². The van der Waals surface area contributed by atoms with E-state index in [1.165, 1.54) is 6.20 Å². The molecule has 0 amide bonds. The van der Waals surface area contributed by atoms with Gasteiger partial charge in [-0.25, -0.2) is 31.6 Å². The van der Waals surface area contributed by atoms with Crippen molar-refractivity contribution in [2.75, 3.05) is 68.2 Å². The average Bonchev–Trinajstić information content (AvgIpc) is 3.69. The number of hydrazine groups is 1.